The van der Waals surface area contributed by atoms with E-state index in [-0.39, 0.29) is 11.6 Å². The zero-order valence-corrected chi connectivity index (χ0v) is 29.2. The highest BCUT2D eigenvalue weighted by atomic mass is 16.5. The third-order valence-corrected chi connectivity index (χ3v) is 8.03. The quantitative estimate of drug-likeness (QED) is 0.0692. The molecule has 46 heavy (non-hydrogen) atoms. The van der Waals surface area contributed by atoms with Gasteiger partial charge in [-0.2, -0.15) is 0 Å². The van der Waals surface area contributed by atoms with Crippen LogP contribution in [0.25, 0.3) is 5.57 Å². The van der Waals surface area contributed by atoms with E-state index in [4.69, 9.17) is 15.1 Å². The number of rotatable bonds is 15. The van der Waals surface area contributed by atoms with Crippen LogP contribution in [0.5, 0.6) is 5.75 Å². The summed E-state index contributed by atoms with van der Waals surface area (Å²) in [6, 6.07) is 12.5. The van der Waals surface area contributed by atoms with Gasteiger partial charge in [0.25, 0.3) is 0 Å². The van der Waals surface area contributed by atoms with Gasteiger partial charge >= 0.3 is 0 Å². The van der Waals surface area contributed by atoms with Crippen LogP contribution in [-0.4, -0.2) is 73.3 Å². The second-order valence-corrected chi connectivity index (χ2v) is 13.0. The van der Waals surface area contributed by atoms with E-state index in [9.17, 15) is 5.11 Å². The molecule has 0 radical (unpaired) electrons. The van der Waals surface area contributed by atoms with E-state index in [2.05, 4.69) is 65.2 Å². The Morgan fingerprint density at radius 3 is 2.52 bits per heavy atom. The minimum absolute atomic E-state index is 0.113. The molecule has 0 amide bonds. The van der Waals surface area contributed by atoms with Crippen LogP contribution in [-0.2, 0) is 12.8 Å². The van der Waals surface area contributed by atoms with Crippen LogP contribution in [0.1, 0.15) is 71.1 Å². The zero-order chi connectivity index (χ0) is 33.7. The van der Waals surface area contributed by atoms with Crippen LogP contribution in [0.2, 0.25) is 0 Å². The Labute approximate surface area is 277 Å². The second-order valence-electron chi connectivity index (χ2n) is 13.0. The van der Waals surface area contributed by atoms with Crippen molar-refractivity contribution in [1.29, 1.82) is 5.41 Å². The van der Waals surface area contributed by atoms with Gasteiger partial charge in [0.2, 0.25) is 0 Å². The molecule has 1 heterocycles. The largest absolute Gasteiger partial charge is 0.512 e. The number of hydrogen-bond donors (Lipinski definition) is 4. The Hall–Kier alpha value is -3.88. The number of aliphatic imine (C=N–C) groups is 1. The number of nitrogens with one attached hydrogen (secondary N) is 3. The maximum absolute atomic E-state index is 10.3. The van der Waals surface area contributed by atoms with Gasteiger partial charge in [-0.3, -0.25) is 10.4 Å². The molecule has 3 rings (SSSR count). The fourth-order valence-electron chi connectivity index (χ4n) is 5.22. The number of hydrogen-bond acceptors (Lipinski definition) is 7. The molecule has 0 atom stereocenters. The van der Waals surface area contributed by atoms with Crippen molar-refractivity contribution >= 4 is 29.0 Å². The smallest absolute Gasteiger partial charge is 0.126 e. The summed E-state index contributed by atoms with van der Waals surface area (Å²) in [4.78, 5) is 9.61. The van der Waals surface area contributed by atoms with E-state index in [1.807, 2.05) is 59.0 Å². The summed E-state index contributed by atoms with van der Waals surface area (Å²) in [6.45, 7) is 22.6. The molecular formula is C38H56N6O2. The van der Waals surface area contributed by atoms with Gasteiger partial charge in [0.15, 0.2) is 0 Å². The summed E-state index contributed by atoms with van der Waals surface area (Å²) in [5.41, 5.74) is 5.64. The number of nitrogens with zero attached hydrogens (tertiary/aromatic N) is 3. The average Bonchev–Trinajstić information content (AvgIpc) is 3.00. The van der Waals surface area contributed by atoms with Gasteiger partial charge < -0.3 is 30.3 Å². The van der Waals surface area contributed by atoms with Gasteiger partial charge in [-0.25, -0.2) is 0 Å². The number of benzene rings is 2. The Bertz CT molecular complexity index is 1410. The molecule has 0 aromatic heterocycles. The van der Waals surface area contributed by atoms with Crippen molar-refractivity contribution in [2.75, 3.05) is 51.7 Å². The average molecular weight is 629 g/mol. The maximum Gasteiger partial charge on any atom is 0.126 e. The predicted molar refractivity (Wildman–Crippen MR) is 196 cm³/mol. The first-order valence-electron chi connectivity index (χ1n) is 16.6. The lowest BCUT2D eigenvalue weighted by atomic mass is 9.93. The number of aryl methyl sites for hydroxylation is 1. The summed E-state index contributed by atoms with van der Waals surface area (Å²) in [5, 5.41) is 25.1. The summed E-state index contributed by atoms with van der Waals surface area (Å²) in [7, 11) is 2.19. The normalized spacial score (nSPS) is 15.3. The van der Waals surface area contributed by atoms with E-state index < -0.39 is 5.41 Å². The van der Waals surface area contributed by atoms with Crippen LogP contribution < -0.4 is 15.4 Å². The second kappa shape index (κ2) is 17.7. The summed E-state index contributed by atoms with van der Waals surface area (Å²) in [5.74, 6) is 1.86. The summed E-state index contributed by atoms with van der Waals surface area (Å²) in [6.07, 6.45) is 8.57. The number of piperazine rings is 1. The van der Waals surface area contributed by atoms with Crippen LogP contribution in [0, 0.1) is 10.8 Å². The van der Waals surface area contributed by atoms with Crippen molar-refractivity contribution in [2.24, 2.45) is 10.4 Å². The van der Waals surface area contributed by atoms with Crippen molar-refractivity contribution in [2.45, 2.75) is 67.2 Å². The van der Waals surface area contributed by atoms with Crippen LogP contribution >= 0.6 is 0 Å². The molecule has 0 bridgehead atoms. The molecule has 8 heteroatoms. The Kier molecular flexibility index (Phi) is 14.1. The van der Waals surface area contributed by atoms with Crippen molar-refractivity contribution in [3.05, 3.63) is 83.4 Å². The van der Waals surface area contributed by atoms with Crippen LogP contribution in [0.3, 0.4) is 0 Å². The van der Waals surface area contributed by atoms with Crippen molar-refractivity contribution < 1.29 is 9.84 Å². The van der Waals surface area contributed by atoms with E-state index in [0.29, 0.717) is 18.8 Å². The van der Waals surface area contributed by atoms with Crippen molar-refractivity contribution in [3.8, 4) is 5.75 Å². The van der Waals surface area contributed by atoms with Gasteiger partial charge in [-0.15, -0.1) is 0 Å². The van der Waals surface area contributed by atoms with E-state index >= 15 is 0 Å². The summed E-state index contributed by atoms with van der Waals surface area (Å²) >= 11 is 0. The molecule has 0 spiro atoms. The number of ether oxygens (including phenoxy) is 1. The number of aliphatic hydroxyl groups excluding tert-OH is 1. The first kappa shape index (κ1) is 36.6. The molecule has 1 aliphatic heterocycles. The molecule has 2 aromatic rings. The third kappa shape index (κ3) is 11.5. The third-order valence-electron chi connectivity index (χ3n) is 8.03. The summed E-state index contributed by atoms with van der Waals surface area (Å²) < 4.78 is 6.33. The molecular weight excluding hydrogens is 572 g/mol. The number of anilines is 1. The van der Waals surface area contributed by atoms with Gasteiger partial charge in [0.05, 0.1) is 12.3 Å². The molecule has 8 nitrogen and oxygen atoms in total. The van der Waals surface area contributed by atoms with E-state index in [1.54, 1.807) is 0 Å². The standard InChI is InChI=1S/C38H56N6O2/c1-9-14-37(42-36(39)27-35(45)38(5,6)7)41-31-16-12-15-29(24-31)23-28(4)32-25-30(10-2)34(26-33(32)40-11-3)46-22-13-17-44-20-18-43(8)19-21-44/h11-12,14-16,24-27,41,45H,4,9-10,13,17-23H2,1-3,5-8H3,(H2,39,42)/b35-27-,37-14-,40-11-. The molecule has 1 fully saturated rings. The molecule has 0 aliphatic carbocycles. The highest BCUT2D eigenvalue weighted by Crippen LogP contribution is 2.35. The number of likely N-dealkylation sites (N-methyl/N-ethyl adjacent to an activating group) is 1. The number of allylic oxidation sites excluding steroid dienone is 3. The lowest BCUT2D eigenvalue weighted by Crippen LogP contribution is -2.44. The number of aliphatic hydroxyl groups is 1. The molecule has 0 unspecified atom stereocenters. The minimum Gasteiger partial charge on any atom is -0.512 e. The van der Waals surface area contributed by atoms with Crippen LogP contribution in [0.15, 0.2) is 71.7 Å². The maximum atomic E-state index is 10.3. The molecule has 4 N–H and O–H groups in total. The van der Waals surface area contributed by atoms with Gasteiger partial charge in [-0.05, 0) is 80.6 Å². The molecule has 1 saturated heterocycles. The Morgan fingerprint density at radius 2 is 1.87 bits per heavy atom. The van der Waals surface area contributed by atoms with Gasteiger partial charge in [-0.1, -0.05) is 53.3 Å². The number of amidine groups is 1. The van der Waals surface area contributed by atoms with Crippen molar-refractivity contribution in [3.63, 3.8) is 0 Å². The Balaban J connectivity index is 1.70. The lowest BCUT2D eigenvalue weighted by Gasteiger charge is -2.32. The molecule has 2 aromatic carbocycles. The van der Waals surface area contributed by atoms with Gasteiger partial charge in [0, 0.05) is 67.7 Å². The lowest BCUT2D eigenvalue weighted by molar-refractivity contribution is 0.145. The predicted octanol–water partition coefficient (Wildman–Crippen LogP) is 7.96. The molecule has 250 valence electrons. The van der Waals surface area contributed by atoms with Gasteiger partial charge in [0.1, 0.15) is 23.2 Å². The highest BCUT2D eigenvalue weighted by Gasteiger charge is 2.17. The first-order chi connectivity index (χ1) is 21.9. The topological polar surface area (TPSA) is 96.2 Å². The molecule has 1 aliphatic rings. The SMILES string of the molecule is C=C(Cc1cccc(N/C(=C/CC)NC(=N)/C=C(\O)C(C)(C)C)c1)c1cc(CC)c(OCCCN2CCN(C)CC2)cc1/N=C\C. The monoisotopic (exact) mass is 628 g/mol. The zero-order valence-electron chi connectivity index (χ0n) is 29.2. The fourth-order valence-corrected chi connectivity index (χ4v) is 5.22. The highest BCUT2D eigenvalue weighted by molar-refractivity contribution is 5.92. The van der Waals surface area contributed by atoms with Crippen LogP contribution in [0.4, 0.5) is 11.4 Å². The Morgan fingerprint density at radius 1 is 1.13 bits per heavy atom. The van der Waals surface area contributed by atoms with Crippen molar-refractivity contribution in [1.82, 2.24) is 15.1 Å². The van der Waals surface area contributed by atoms with E-state index in [1.165, 1.54) is 6.08 Å². The molecule has 0 saturated carbocycles. The minimum atomic E-state index is -0.426. The fraction of sp³-hybridized carbons (Fsp3) is 0.474. The first-order valence-corrected chi connectivity index (χ1v) is 16.6. The van der Waals surface area contributed by atoms with E-state index in [0.717, 1.165) is 91.4 Å².